The van der Waals surface area contributed by atoms with E-state index in [1.807, 2.05) is 78.5 Å². The molecular formula is C21H24N4O2S. The van der Waals surface area contributed by atoms with E-state index < -0.39 is 0 Å². The molecule has 0 spiro atoms. The topological polar surface area (TPSA) is 55.3 Å². The summed E-state index contributed by atoms with van der Waals surface area (Å²) in [6, 6.07) is 17.6. The lowest BCUT2D eigenvalue weighted by Crippen LogP contribution is -2.27. The van der Waals surface area contributed by atoms with Crippen molar-refractivity contribution in [3.63, 3.8) is 0 Å². The van der Waals surface area contributed by atoms with Gasteiger partial charge in [-0.3, -0.25) is 10.00 Å². The fourth-order valence-corrected chi connectivity index (χ4v) is 2.79. The summed E-state index contributed by atoms with van der Waals surface area (Å²) in [4.78, 5) is 6.50. The van der Waals surface area contributed by atoms with Crippen molar-refractivity contribution in [2.45, 2.75) is 6.67 Å². The number of benzene rings is 2. The third kappa shape index (κ3) is 5.80. The number of hydrogen-bond acceptors (Lipinski definition) is 5. The first-order chi connectivity index (χ1) is 13.6. The fraction of sp³-hybridized carbons (Fsp3) is 0.238. The van der Waals surface area contributed by atoms with Gasteiger partial charge in [-0.2, -0.15) is 4.98 Å². The molecule has 146 valence electrons. The van der Waals surface area contributed by atoms with E-state index in [0.29, 0.717) is 18.0 Å². The highest BCUT2D eigenvalue weighted by atomic mass is 32.1. The second-order valence-corrected chi connectivity index (χ2v) is 6.67. The van der Waals surface area contributed by atoms with E-state index >= 15 is 0 Å². The summed E-state index contributed by atoms with van der Waals surface area (Å²) in [6.45, 7) is 1.93. The van der Waals surface area contributed by atoms with E-state index in [9.17, 15) is 0 Å². The van der Waals surface area contributed by atoms with Crippen LogP contribution in [0.1, 0.15) is 11.4 Å². The highest BCUT2D eigenvalue weighted by Gasteiger charge is 2.04. The molecule has 1 aromatic heterocycles. The Morgan fingerprint density at radius 3 is 2.50 bits per heavy atom. The molecule has 0 aliphatic carbocycles. The largest absolute Gasteiger partial charge is 0.497 e. The van der Waals surface area contributed by atoms with Crippen LogP contribution >= 0.6 is 12.2 Å². The second-order valence-electron chi connectivity index (χ2n) is 6.31. The van der Waals surface area contributed by atoms with Crippen molar-refractivity contribution < 1.29 is 9.47 Å². The minimum absolute atomic E-state index is 0.524. The molecule has 6 nitrogen and oxygen atoms in total. The first-order valence-corrected chi connectivity index (χ1v) is 9.40. The fourth-order valence-electron chi connectivity index (χ4n) is 2.59. The number of aromatic nitrogens is 3. The molecule has 0 unspecified atom stereocenters. The van der Waals surface area contributed by atoms with Crippen LogP contribution in [0, 0.1) is 4.77 Å². The molecule has 0 saturated heterocycles. The van der Waals surface area contributed by atoms with Gasteiger partial charge in [-0.15, -0.1) is 0 Å². The van der Waals surface area contributed by atoms with E-state index in [4.69, 9.17) is 21.7 Å². The monoisotopic (exact) mass is 396 g/mol. The van der Waals surface area contributed by atoms with Crippen LogP contribution in [0.3, 0.4) is 0 Å². The van der Waals surface area contributed by atoms with Gasteiger partial charge in [0, 0.05) is 6.54 Å². The van der Waals surface area contributed by atoms with Gasteiger partial charge in [0.1, 0.15) is 23.9 Å². The van der Waals surface area contributed by atoms with Crippen LogP contribution in [0.25, 0.3) is 12.2 Å². The summed E-state index contributed by atoms with van der Waals surface area (Å²) < 4.78 is 13.3. The van der Waals surface area contributed by atoms with E-state index in [1.54, 1.807) is 7.11 Å². The predicted molar refractivity (Wildman–Crippen MR) is 114 cm³/mol. The quantitative estimate of drug-likeness (QED) is 0.552. The highest BCUT2D eigenvalue weighted by Crippen LogP contribution is 2.16. The minimum atomic E-state index is 0.524. The summed E-state index contributed by atoms with van der Waals surface area (Å²) in [6.07, 6.45) is 3.93. The summed E-state index contributed by atoms with van der Waals surface area (Å²) in [5, 5.41) is 3.22. The first-order valence-electron chi connectivity index (χ1n) is 8.99. The van der Waals surface area contributed by atoms with Crippen LogP contribution in [-0.2, 0) is 6.67 Å². The number of nitrogens with zero attached hydrogens (tertiary/aromatic N) is 3. The zero-order valence-corrected chi connectivity index (χ0v) is 16.9. The molecule has 0 amide bonds. The Kier molecular flexibility index (Phi) is 7.00. The minimum Gasteiger partial charge on any atom is -0.497 e. The number of aromatic amines is 1. The van der Waals surface area contributed by atoms with Gasteiger partial charge >= 0.3 is 0 Å². The molecule has 0 saturated carbocycles. The number of H-pyrrole nitrogens is 1. The number of hydrogen-bond donors (Lipinski definition) is 1. The Morgan fingerprint density at radius 1 is 1.07 bits per heavy atom. The number of ether oxygens (including phenoxy) is 2. The third-order valence-corrected chi connectivity index (χ3v) is 4.43. The van der Waals surface area contributed by atoms with Crippen LogP contribution < -0.4 is 9.47 Å². The van der Waals surface area contributed by atoms with Gasteiger partial charge in [0.25, 0.3) is 0 Å². The molecule has 0 atom stereocenters. The van der Waals surface area contributed by atoms with E-state index in [2.05, 4.69) is 15.0 Å². The van der Waals surface area contributed by atoms with Crippen molar-refractivity contribution in [1.82, 2.24) is 19.7 Å². The van der Waals surface area contributed by atoms with Crippen molar-refractivity contribution in [1.29, 1.82) is 0 Å². The SMILES string of the molecule is COc1ccc(OCCN(C)Cn2[nH]c(/C=C/c3ccccc3)nc2=S)cc1. The normalized spacial score (nSPS) is 11.2. The third-order valence-electron chi connectivity index (χ3n) is 4.11. The summed E-state index contributed by atoms with van der Waals surface area (Å²) in [7, 11) is 3.66. The number of nitrogens with one attached hydrogen (secondary N) is 1. The Hall–Kier alpha value is -2.90. The molecular weight excluding hydrogens is 372 g/mol. The molecule has 3 rings (SSSR count). The molecule has 3 aromatic rings. The molecule has 0 bridgehead atoms. The van der Waals surface area contributed by atoms with Crippen molar-refractivity contribution in [3.8, 4) is 11.5 Å². The average molecular weight is 397 g/mol. The van der Waals surface area contributed by atoms with Gasteiger partial charge in [-0.05, 0) is 55.2 Å². The molecule has 2 aromatic carbocycles. The second kappa shape index (κ2) is 9.87. The van der Waals surface area contributed by atoms with Gasteiger partial charge in [-0.1, -0.05) is 36.4 Å². The lowest BCUT2D eigenvalue weighted by Gasteiger charge is -2.17. The molecule has 1 heterocycles. The Morgan fingerprint density at radius 2 is 1.79 bits per heavy atom. The van der Waals surface area contributed by atoms with Gasteiger partial charge in [0.15, 0.2) is 0 Å². The maximum atomic E-state index is 5.77. The van der Waals surface area contributed by atoms with Crippen molar-refractivity contribution >= 4 is 24.4 Å². The smallest absolute Gasteiger partial charge is 0.217 e. The lowest BCUT2D eigenvalue weighted by molar-refractivity contribution is 0.198. The van der Waals surface area contributed by atoms with Crippen LogP contribution in [0.2, 0.25) is 0 Å². The maximum absolute atomic E-state index is 5.77. The summed E-state index contributed by atoms with van der Waals surface area (Å²) >= 11 is 5.35. The van der Waals surface area contributed by atoms with Crippen LogP contribution in [0.4, 0.5) is 0 Å². The molecule has 0 fully saturated rings. The van der Waals surface area contributed by atoms with Crippen molar-refractivity contribution in [2.24, 2.45) is 0 Å². The van der Waals surface area contributed by atoms with Crippen LogP contribution in [-0.4, -0.2) is 47.0 Å². The summed E-state index contributed by atoms with van der Waals surface area (Å²) in [5.41, 5.74) is 1.11. The van der Waals surface area contributed by atoms with Gasteiger partial charge < -0.3 is 9.47 Å². The Labute approximate surface area is 170 Å². The molecule has 1 N–H and O–H groups in total. The van der Waals surface area contributed by atoms with Crippen LogP contribution in [0.5, 0.6) is 11.5 Å². The van der Waals surface area contributed by atoms with Gasteiger partial charge in [0.2, 0.25) is 4.77 Å². The average Bonchev–Trinajstić information content (AvgIpc) is 3.07. The lowest BCUT2D eigenvalue weighted by atomic mass is 10.2. The summed E-state index contributed by atoms with van der Waals surface area (Å²) in [5.74, 6) is 2.37. The maximum Gasteiger partial charge on any atom is 0.217 e. The Bertz CT molecular complexity index is 949. The number of likely N-dealkylation sites (N-methyl/N-ethyl adjacent to an activating group) is 1. The van der Waals surface area contributed by atoms with Gasteiger partial charge in [-0.25, -0.2) is 4.68 Å². The molecule has 28 heavy (non-hydrogen) atoms. The van der Waals surface area contributed by atoms with Crippen LogP contribution in [0.15, 0.2) is 54.6 Å². The van der Waals surface area contributed by atoms with E-state index in [1.165, 1.54) is 0 Å². The van der Waals surface area contributed by atoms with E-state index in [0.717, 1.165) is 29.4 Å². The first kappa shape index (κ1) is 19.9. The number of rotatable bonds is 9. The predicted octanol–water partition coefficient (Wildman–Crippen LogP) is 4.09. The molecule has 0 aliphatic heterocycles. The zero-order valence-electron chi connectivity index (χ0n) is 16.0. The molecule has 0 radical (unpaired) electrons. The van der Waals surface area contributed by atoms with E-state index in [-0.39, 0.29) is 0 Å². The Balaban J connectivity index is 1.49. The molecule has 7 heteroatoms. The van der Waals surface area contributed by atoms with Gasteiger partial charge in [0.05, 0.1) is 13.8 Å². The standard InChI is InChI=1S/C21H24N4O2S/c1-24(14-15-27-19-11-9-18(26-2)10-12-19)16-25-21(28)22-20(23-25)13-8-17-6-4-3-5-7-17/h3-13H,14-16H2,1-2H3,(H,22,23,28)/b13-8+. The van der Waals surface area contributed by atoms with Crippen molar-refractivity contribution in [2.75, 3.05) is 27.3 Å². The highest BCUT2D eigenvalue weighted by molar-refractivity contribution is 7.71. The number of methoxy groups -OCH3 is 1. The zero-order chi connectivity index (χ0) is 19.8. The van der Waals surface area contributed by atoms with Crippen molar-refractivity contribution in [3.05, 3.63) is 70.8 Å². The molecule has 0 aliphatic rings.